The number of aromatic nitrogens is 1. The van der Waals surface area contributed by atoms with Gasteiger partial charge >= 0.3 is 0 Å². The normalized spacial score (nSPS) is 10.3. The van der Waals surface area contributed by atoms with Crippen LogP contribution in [0.15, 0.2) is 12.1 Å². The predicted molar refractivity (Wildman–Crippen MR) is 62.4 cm³/mol. The first kappa shape index (κ1) is 12.3. The number of nitrogen functional groups attached to an aromatic ring is 1. The van der Waals surface area contributed by atoms with E-state index in [1.54, 1.807) is 24.1 Å². The molecule has 1 amide bonds. The maximum atomic E-state index is 12.0. The van der Waals surface area contributed by atoms with E-state index in [1.165, 1.54) is 7.11 Å². The minimum Gasteiger partial charge on any atom is -0.481 e. The maximum Gasteiger partial charge on any atom is 0.274 e. The number of methoxy groups -OCH3 is 1. The molecule has 0 aliphatic rings. The smallest absolute Gasteiger partial charge is 0.274 e. The standard InChI is InChI=1S/C11H17N3O2/c1-7(2)14(3)11(15)10-8(12)5-6-9(13-10)16-4/h5-7H,12H2,1-4H3. The first-order chi connectivity index (χ1) is 7.47. The minimum atomic E-state index is -0.202. The molecule has 1 aromatic rings. The van der Waals surface area contributed by atoms with Crippen molar-refractivity contribution in [2.75, 3.05) is 19.9 Å². The van der Waals surface area contributed by atoms with Gasteiger partial charge in [0.05, 0.1) is 12.8 Å². The lowest BCUT2D eigenvalue weighted by Crippen LogP contribution is -2.34. The van der Waals surface area contributed by atoms with Gasteiger partial charge in [0.15, 0.2) is 5.69 Å². The van der Waals surface area contributed by atoms with E-state index in [0.29, 0.717) is 11.6 Å². The van der Waals surface area contributed by atoms with Crippen LogP contribution in [0.25, 0.3) is 0 Å². The zero-order valence-corrected chi connectivity index (χ0v) is 10.0. The topological polar surface area (TPSA) is 68.5 Å². The quantitative estimate of drug-likeness (QED) is 0.834. The van der Waals surface area contributed by atoms with E-state index in [2.05, 4.69) is 4.98 Å². The van der Waals surface area contributed by atoms with Gasteiger partial charge in [-0.05, 0) is 19.9 Å². The lowest BCUT2D eigenvalue weighted by atomic mass is 10.2. The lowest BCUT2D eigenvalue weighted by molar-refractivity contribution is 0.0749. The van der Waals surface area contributed by atoms with E-state index in [1.807, 2.05) is 13.8 Å². The number of amides is 1. The number of carbonyl (C=O) groups excluding carboxylic acids is 1. The van der Waals surface area contributed by atoms with Crippen LogP contribution in [0.4, 0.5) is 5.69 Å². The van der Waals surface area contributed by atoms with E-state index in [0.717, 1.165) is 0 Å². The van der Waals surface area contributed by atoms with Crippen LogP contribution in [0, 0.1) is 0 Å². The Morgan fingerprint density at radius 2 is 2.12 bits per heavy atom. The highest BCUT2D eigenvalue weighted by Gasteiger charge is 2.19. The van der Waals surface area contributed by atoms with Crippen LogP contribution < -0.4 is 10.5 Å². The summed E-state index contributed by atoms with van der Waals surface area (Å²) in [7, 11) is 3.21. The fraction of sp³-hybridized carbons (Fsp3) is 0.455. The number of hydrogen-bond donors (Lipinski definition) is 1. The highest BCUT2D eigenvalue weighted by molar-refractivity contribution is 5.97. The van der Waals surface area contributed by atoms with Gasteiger partial charge in [0.25, 0.3) is 5.91 Å². The van der Waals surface area contributed by atoms with Crippen LogP contribution >= 0.6 is 0 Å². The average Bonchev–Trinajstić information content (AvgIpc) is 2.27. The molecule has 16 heavy (non-hydrogen) atoms. The molecule has 5 nitrogen and oxygen atoms in total. The third kappa shape index (κ3) is 2.42. The predicted octanol–water partition coefficient (Wildman–Crippen LogP) is 1.15. The molecule has 1 heterocycles. The summed E-state index contributed by atoms with van der Waals surface area (Å²) in [5.41, 5.74) is 6.31. The number of nitrogens with zero attached hydrogens (tertiary/aromatic N) is 2. The Balaban J connectivity index is 3.07. The summed E-state index contributed by atoms with van der Waals surface area (Å²) >= 11 is 0. The third-order valence-electron chi connectivity index (χ3n) is 2.41. The van der Waals surface area contributed by atoms with Gasteiger partial charge in [0.2, 0.25) is 5.88 Å². The number of carbonyl (C=O) groups is 1. The van der Waals surface area contributed by atoms with Crippen molar-refractivity contribution < 1.29 is 9.53 Å². The first-order valence-corrected chi connectivity index (χ1v) is 5.05. The van der Waals surface area contributed by atoms with E-state index in [4.69, 9.17) is 10.5 Å². The van der Waals surface area contributed by atoms with Gasteiger partial charge in [-0.3, -0.25) is 4.79 Å². The van der Waals surface area contributed by atoms with E-state index < -0.39 is 0 Å². The van der Waals surface area contributed by atoms with Crippen LogP contribution in [0.3, 0.4) is 0 Å². The number of pyridine rings is 1. The summed E-state index contributed by atoms with van der Waals surface area (Å²) in [4.78, 5) is 17.6. The molecule has 0 bridgehead atoms. The van der Waals surface area contributed by atoms with Crippen LogP contribution in [0.1, 0.15) is 24.3 Å². The zero-order valence-electron chi connectivity index (χ0n) is 10.0. The largest absolute Gasteiger partial charge is 0.481 e. The number of hydrogen-bond acceptors (Lipinski definition) is 4. The lowest BCUT2D eigenvalue weighted by Gasteiger charge is -2.21. The molecular formula is C11H17N3O2. The summed E-state index contributed by atoms with van der Waals surface area (Å²) in [6.07, 6.45) is 0. The van der Waals surface area contributed by atoms with Gasteiger partial charge in [-0.1, -0.05) is 0 Å². The molecule has 0 spiro atoms. The molecule has 1 rings (SSSR count). The second-order valence-electron chi connectivity index (χ2n) is 3.80. The van der Waals surface area contributed by atoms with Crippen molar-refractivity contribution in [3.05, 3.63) is 17.8 Å². The molecule has 0 radical (unpaired) electrons. The van der Waals surface area contributed by atoms with Crippen molar-refractivity contribution in [3.8, 4) is 5.88 Å². The number of rotatable bonds is 3. The van der Waals surface area contributed by atoms with Gasteiger partial charge in [-0.2, -0.15) is 0 Å². The van der Waals surface area contributed by atoms with Crippen molar-refractivity contribution in [3.63, 3.8) is 0 Å². The monoisotopic (exact) mass is 223 g/mol. The van der Waals surface area contributed by atoms with Gasteiger partial charge in [0.1, 0.15) is 0 Å². The maximum absolute atomic E-state index is 12.0. The Hall–Kier alpha value is -1.78. The number of ether oxygens (including phenoxy) is 1. The van der Waals surface area contributed by atoms with Crippen molar-refractivity contribution in [1.29, 1.82) is 0 Å². The molecular weight excluding hydrogens is 206 g/mol. The molecule has 0 aromatic carbocycles. The second-order valence-corrected chi connectivity index (χ2v) is 3.80. The molecule has 0 saturated heterocycles. The summed E-state index contributed by atoms with van der Waals surface area (Å²) in [6.45, 7) is 3.85. The summed E-state index contributed by atoms with van der Waals surface area (Å²) in [6, 6.07) is 3.34. The Bertz CT molecular complexity index is 391. The summed E-state index contributed by atoms with van der Waals surface area (Å²) in [5, 5.41) is 0. The van der Waals surface area contributed by atoms with Crippen LogP contribution in [0.2, 0.25) is 0 Å². The molecule has 0 aliphatic carbocycles. The molecule has 0 aliphatic heterocycles. The van der Waals surface area contributed by atoms with E-state index in [9.17, 15) is 4.79 Å². The van der Waals surface area contributed by atoms with E-state index >= 15 is 0 Å². The minimum absolute atomic E-state index is 0.0971. The SMILES string of the molecule is COc1ccc(N)c(C(=O)N(C)C(C)C)n1. The van der Waals surface area contributed by atoms with Crippen LogP contribution in [-0.2, 0) is 0 Å². The molecule has 1 aromatic heterocycles. The van der Waals surface area contributed by atoms with E-state index in [-0.39, 0.29) is 17.6 Å². The molecule has 2 N–H and O–H groups in total. The van der Waals surface area contributed by atoms with Gasteiger partial charge in [-0.15, -0.1) is 0 Å². The summed E-state index contributed by atoms with van der Waals surface area (Å²) in [5.74, 6) is 0.182. The highest BCUT2D eigenvalue weighted by atomic mass is 16.5. The molecule has 0 unspecified atom stereocenters. The molecule has 5 heteroatoms. The molecule has 0 fully saturated rings. The Morgan fingerprint density at radius 1 is 1.50 bits per heavy atom. The fourth-order valence-electron chi connectivity index (χ4n) is 1.14. The zero-order chi connectivity index (χ0) is 12.3. The molecule has 88 valence electrons. The van der Waals surface area contributed by atoms with Crippen molar-refractivity contribution >= 4 is 11.6 Å². The van der Waals surface area contributed by atoms with Crippen LogP contribution in [0.5, 0.6) is 5.88 Å². The Kier molecular flexibility index (Phi) is 3.71. The Labute approximate surface area is 95.2 Å². The van der Waals surface area contributed by atoms with Crippen molar-refractivity contribution in [2.45, 2.75) is 19.9 Å². The van der Waals surface area contributed by atoms with Gasteiger partial charge < -0.3 is 15.4 Å². The molecule has 0 saturated carbocycles. The van der Waals surface area contributed by atoms with Crippen molar-refractivity contribution in [1.82, 2.24) is 9.88 Å². The summed E-state index contributed by atoms with van der Waals surface area (Å²) < 4.78 is 4.96. The fourth-order valence-corrected chi connectivity index (χ4v) is 1.14. The highest BCUT2D eigenvalue weighted by Crippen LogP contribution is 2.16. The van der Waals surface area contributed by atoms with Gasteiger partial charge in [0, 0.05) is 19.2 Å². The Morgan fingerprint density at radius 3 is 2.62 bits per heavy atom. The first-order valence-electron chi connectivity index (χ1n) is 5.05. The average molecular weight is 223 g/mol. The van der Waals surface area contributed by atoms with Crippen molar-refractivity contribution in [2.24, 2.45) is 0 Å². The number of nitrogens with two attached hydrogens (primary N) is 1. The van der Waals surface area contributed by atoms with Gasteiger partial charge in [-0.25, -0.2) is 4.98 Å². The number of anilines is 1. The third-order valence-corrected chi connectivity index (χ3v) is 2.41. The van der Waals surface area contributed by atoms with Crippen LogP contribution in [-0.4, -0.2) is 36.0 Å². The second kappa shape index (κ2) is 4.83. The molecule has 0 atom stereocenters.